The molecule has 1 aromatic carbocycles. The van der Waals surface area contributed by atoms with Crippen molar-refractivity contribution < 1.29 is 24.9 Å². The van der Waals surface area contributed by atoms with Gasteiger partial charge in [-0.3, -0.25) is 4.79 Å². The summed E-state index contributed by atoms with van der Waals surface area (Å²) in [6.07, 6.45) is 11.2. The third-order valence-corrected chi connectivity index (χ3v) is 6.27. The van der Waals surface area contributed by atoms with Gasteiger partial charge in [0.05, 0.1) is 12.2 Å². The minimum absolute atomic E-state index is 0.0958. The van der Waals surface area contributed by atoms with E-state index < -0.39 is 18.3 Å². The lowest BCUT2D eigenvalue weighted by Crippen LogP contribution is -2.24. The van der Waals surface area contributed by atoms with E-state index in [1.807, 2.05) is 42.5 Å². The van der Waals surface area contributed by atoms with Gasteiger partial charge in [0, 0.05) is 25.3 Å². The molecule has 32 heavy (non-hydrogen) atoms. The number of rotatable bonds is 13. The smallest absolute Gasteiger partial charge is 0.220 e. The van der Waals surface area contributed by atoms with Crippen LogP contribution >= 0.6 is 0 Å². The molecule has 2 saturated carbocycles. The Morgan fingerprint density at radius 2 is 1.94 bits per heavy atom. The molecular formula is C26H37NO5. The molecule has 0 spiro atoms. The van der Waals surface area contributed by atoms with Crippen molar-refractivity contribution in [1.82, 2.24) is 5.32 Å². The summed E-state index contributed by atoms with van der Waals surface area (Å²) in [6, 6.07) is 9.30. The van der Waals surface area contributed by atoms with Crippen LogP contribution in [0.25, 0.3) is 0 Å². The Kier molecular flexibility index (Phi) is 9.78. The molecule has 2 aliphatic carbocycles. The number of benzene rings is 1. The highest BCUT2D eigenvalue weighted by Gasteiger charge is 2.39. The normalized spacial score (nSPS) is 26.6. The van der Waals surface area contributed by atoms with E-state index in [9.17, 15) is 20.1 Å². The average Bonchev–Trinajstić information content (AvgIpc) is 3.58. The van der Waals surface area contributed by atoms with Crippen molar-refractivity contribution in [1.29, 1.82) is 0 Å². The molecule has 0 bridgehead atoms. The molecule has 0 radical (unpaired) electrons. The summed E-state index contributed by atoms with van der Waals surface area (Å²) >= 11 is 0. The number of hydrogen-bond donors (Lipinski definition) is 4. The molecule has 4 unspecified atom stereocenters. The number of ether oxygens (including phenoxy) is 1. The Morgan fingerprint density at radius 3 is 2.69 bits per heavy atom. The molecule has 3 rings (SSSR count). The van der Waals surface area contributed by atoms with Crippen molar-refractivity contribution in [2.24, 2.45) is 17.8 Å². The highest BCUT2D eigenvalue weighted by atomic mass is 16.5. The van der Waals surface area contributed by atoms with Gasteiger partial charge in [-0.2, -0.15) is 0 Å². The number of unbranched alkanes of at least 4 members (excludes halogenated alkanes) is 1. The standard InChI is InChI=1S/C26H37NO5/c28-20(18-32-21-8-4-3-5-9-21)14-15-23-22(24(29)16-25(23)30)10-6-1-2-7-11-26(31)27-17-19-12-13-19/h1,3-6,8-9,14-15,19-20,22-25,28-30H,2,7,10-13,16-18H2,(H,27,31)/b6-1-,15-14+/t20?,22?,23-,24?,25?/m1/s1. The van der Waals surface area contributed by atoms with Gasteiger partial charge in [-0.15, -0.1) is 0 Å². The molecule has 2 aliphatic rings. The van der Waals surface area contributed by atoms with E-state index >= 15 is 0 Å². The zero-order valence-corrected chi connectivity index (χ0v) is 18.7. The summed E-state index contributed by atoms with van der Waals surface area (Å²) in [5, 5.41) is 33.9. The number of nitrogens with one attached hydrogen (secondary N) is 1. The molecule has 5 atom stereocenters. The number of amides is 1. The van der Waals surface area contributed by atoms with E-state index in [1.165, 1.54) is 12.8 Å². The topological polar surface area (TPSA) is 99.0 Å². The van der Waals surface area contributed by atoms with Gasteiger partial charge in [0.15, 0.2) is 0 Å². The summed E-state index contributed by atoms with van der Waals surface area (Å²) in [5.74, 6) is 1.21. The number of allylic oxidation sites excluding steroid dienone is 2. The average molecular weight is 444 g/mol. The van der Waals surface area contributed by atoms with E-state index in [0.717, 1.165) is 19.4 Å². The van der Waals surface area contributed by atoms with Gasteiger partial charge in [0.25, 0.3) is 0 Å². The summed E-state index contributed by atoms with van der Waals surface area (Å²) in [7, 11) is 0. The second kappa shape index (κ2) is 12.8. The van der Waals surface area contributed by atoms with Crippen LogP contribution in [0.4, 0.5) is 0 Å². The predicted octanol–water partition coefficient (Wildman–Crippen LogP) is 2.98. The lowest BCUT2D eigenvalue weighted by Gasteiger charge is -2.19. The molecule has 6 nitrogen and oxygen atoms in total. The highest BCUT2D eigenvalue weighted by molar-refractivity contribution is 5.75. The van der Waals surface area contributed by atoms with Crippen LogP contribution in [-0.4, -0.2) is 52.7 Å². The van der Waals surface area contributed by atoms with Crippen LogP contribution < -0.4 is 10.1 Å². The van der Waals surface area contributed by atoms with Crippen molar-refractivity contribution in [3.8, 4) is 5.75 Å². The van der Waals surface area contributed by atoms with Gasteiger partial charge in [0.2, 0.25) is 5.91 Å². The largest absolute Gasteiger partial charge is 0.491 e. The zero-order valence-electron chi connectivity index (χ0n) is 18.7. The maximum absolute atomic E-state index is 11.8. The molecule has 176 valence electrons. The molecule has 0 saturated heterocycles. The fourth-order valence-corrected chi connectivity index (χ4v) is 4.14. The van der Waals surface area contributed by atoms with E-state index in [0.29, 0.717) is 30.9 Å². The van der Waals surface area contributed by atoms with Crippen LogP contribution in [0, 0.1) is 17.8 Å². The van der Waals surface area contributed by atoms with Crippen LogP contribution in [0.2, 0.25) is 0 Å². The summed E-state index contributed by atoms with van der Waals surface area (Å²) in [6.45, 7) is 0.948. The van der Waals surface area contributed by atoms with Crippen molar-refractivity contribution in [2.75, 3.05) is 13.2 Å². The molecule has 0 heterocycles. The maximum atomic E-state index is 11.8. The van der Waals surface area contributed by atoms with Crippen LogP contribution in [0.3, 0.4) is 0 Å². The fourth-order valence-electron chi connectivity index (χ4n) is 4.14. The Labute approximate surface area is 191 Å². The molecule has 1 aromatic rings. The first-order valence-electron chi connectivity index (χ1n) is 11.8. The number of aliphatic hydroxyl groups is 3. The molecular weight excluding hydrogens is 406 g/mol. The summed E-state index contributed by atoms with van der Waals surface area (Å²) < 4.78 is 5.55. The lowest BCUT2D eigenvalue weighted by atomic mass is 9.89. The molecule has 4 N–H and O–H groups in total. The molecule has 2 fully saturated rings. The second-order valence-corrected chi connectivity index (χ2v) is 9.03. The first-order chi connectivity index (χ1) is 15.5. The van der Waals surface area contributed by atoms with Crippen molar-refractivity contribution in [2.45, 2.75) is 63.3 Å². The van der Waals surface area contributed by atoms with Gasteiger partial charge in [-0.25, -0.2) is 0 Å². The van der Waals surface area contributed by atoms with E-state index in [1.54, 1.807) is 6.08 Å². The minimum atomic E-state index is -0.789. The van der Waals surface area contributed by atoms with Crippen molar-refractivity contribution >= 4 is 5.91 Å². The number of carbonyl (C=O) groups excluding carboxylic acids is 1. The van der Waals surface area contributed by atoms with Gasteiger partial charge in [0.1, 0.15) is 18.5 Å². The third-order valence-electron chi connectivity index (χ3n) is 6.27. The van der Waals surface area contributed by atoms with Crippen molar-refractivity contribution in [3.05, 3.63) is 54.6 Å². The maximum Gasteiger partial charge on any atom is 0.220 e. The van der Waals surface area contributed by atoms with E-state index in [2.05, 4.69) is 11.4 Å². The molecule has 0 aromatic heterocycles. The quantitative estimate of drug-likeness (QED) is 0.278. The van der Waals surface area contributed by atoms with Crippen LogP contribution in [0.15, 0.2) is 54.6 Å². The van der Waals surface area contributed by atoms with Crippen LogP contribution in [-0.2, 0) is 4.79 Å². The Bertz CT molecular complexity index is 746. The van der Waals surface area contributed by atoms with Crippen LogP contribution in [0.1, 0.15) is 44.9 Å². The summed E-state index contributed by atoms with van der Waals surface area (Å²) in [4.78, 5) is 11.8. The molecule has 0 aliphatic heterocycles. The Balaban J connectivity index is 1.37. The minimum Gasteiger partial charge on any atom is -0.491 e. The number of aliphatic hydroxyl groups excluding tert-OH is 3. The molecule has 1 amide bonds. The van der Waals surface area contributed by atoms with Gasteiger partial charge >= 0.3 is 0 Å². The van der Waals surface area contributed by atoms with Crippen LogP contribution in [0.5, 0.6) is 5.75 Å². The predicted molar refractivity (Wildman–Crippen MR) is 124 cm³/mol. The van der Waals surface area contributed by atoms with Gasteiger partial charge in [-0.1, -0.05) is 42.5 Å². The Morgan fingerprint density at radius 1 is 1.16 bits per heavy atom. The monoisotopic (exact) mass is 443 g/mol. The summed E-state index contributed by atoms with van der Waals surface area (Å²) in [5.41, 5.74) is 0. The number of hydrogen-bond acceptors (Lipinski definition) is 5. The van der Waals surface area contributed by atoms with Gasteiger partial charge < -0.3 is 25.4 Å². The zero-order chi connectivity index (χ0) is 22.8. The Hall–Kier alpha value is -2.15. The SMILES string of the molecule is O=C(CCC/C=C\CC1C(O)CC(O)[C@@H]1/C=C/C(O)COc1ccccc1)NCC1CC1. The number of para-hydroxylation sites is 1. The second-order valence-electron chi connectivity index (χ2n) is 9.03. The fraction of sp³-hybridized carbons (Fsp3) is 0.577. The molecule has 6 heteroatoms. The van der Waals surface area contributed by atoms with Crippen molar-refractivity contribution in [3.63, 3.8) is 0 Å². The highest BCUT2D eigenvalue weighted by Crippen LogP contribution is 2.36. The third kappa shape index (κ3) is 8.41. The lowest BCUT2D eigenvalue weighted by molar-refractivity contribution is -0.121. The van der Waals surface area contributed by atoms with E-state index in [-0.39, 0.29) is 24.3 Å². The van der Waals surface area contributed by atoms with E-state index in [4.69, 9.17) is 4.74 Å². The first-order valence-corrected chi connectivity index (χ1v) is 11.8. The number of carbonyl (C=O) groups is 1. The van der Waals surface area contributed by atoms with Gasteiger partial charge in [-0.05, 0) is 56.1 Å². The first kappa shape index (κ1) is 24.5.